The first-order chi connectivity index (χ1) is 11.0. The van der Waals surface area contributed by atoms with Gasteiger partial charge < -0.3 is 15.7 Å². The van der Waals surface area contributed by atoms with Crippen molar-refractivity contribution in [2.24, 2.45) is 5.41 Å². The highest BCUT2D eigenvalue weighted by Gasteiger charge is 2.31. The Morgan fingerprint density at radius 1 is 1.17 bits per heavy atom. The molecule has 1 aromatic rings. The predicted molar refractivity (Wildman–Crippen MR) is 83.3 cm³/mol. The molecule has 1 rings (SSSR count). The Morgan fingerprint density at radius 3 is 2.33 bits per heavy atom. The number of hydrogen-bond donors (Lipinski definition) is 3. The standard InChI is InChI=1S/C16H21F3N2O3/c1-10-4-5-11(16(17,18)19)8-12(10)21-14(24)13(23)20-9-15(2,3)6-7-22/h4-5,8,22H,6-7,9H2,1-3H3,(H,20,23)(H,21,24). The summed E-state index contributed by atoms with van der Waals surface area (Å²) in [6.45, 7) is 5.23. The fraction of sp³-hybridized carbons (Fsp3) is 0.500. The molecule has 0 saturated heterocycles. The highest BCUT2D eigenvalue weighted by atomic mass is 19.4. The van der Waals surface area contributed by atoms with Gasteiger partial charge in [-0.3, -0.25) is 9.59 Å². The van der Waals surface area contributed by atoms with E-state index in [4.69, 9.17) is 5.11 Å². The molecule has 0 radical (unpaired) electrons. The molecule has 8 heteroatoms. The molecule has 5 nitrogen and oxygen atoms in total. The first kappa shape index (κ1) is 20.0. The van der Waals surface area contributed by atoms with Crippen LogP contribution in [0.1, 0.15) is 31.4 Å². The molecule has 0 aliphatic rings. The van der Waals surface area contributed by atoms with E-state index in [-0.39, 0.29) is 18.8 Å². The molecule has 0 saturated carbocycles. The second-order valence-electron chi connectivity index (χ2n) is 6.30. The van der Waals surface area contributed by atoms with Crippen LogP contribution < -0.4 is 10.6 Å². The van der Waals surface area contributed by atoms with Crippen molar-refractivity contribution in [1.82, 2.24) is 5.32 Å². The summed E-state index contributed by atoms with van der Waals surface area (Å²) in [7, 11) is 0. The van der Waals surface area contributed by atoms with Crippen LogP contribution >= 0.6 is 0 Å². The second-order valence-corrected chi connectivity index (χ2v) is 6.30. The van der Waals surface area contributed by atoms with Crippen molar-refractivity contribution in [3.05, 3.63) is 29.3 Å². The summed E-state index contributed by atoms with van der Waals surface area (Å²) in [6, 6.07) is 2.92. The van der Waals surface area contributed by atoms with Crippen LogP contribution in [0.3, 0.4) is 0 Å². The van der Waals surface area contributed by atoms with Gasteiger partial charge in [-0.1, -0.05) is 19.9 Å². The summed E-state index contributed by atoms with van der Waals surface area (Å²) < 4.78 is 38.1. The van der Waals surface area contributed by atoms with Gasteiger partial charge in [-0.25, -0.2) is 0 Å². The van der Waals surface area contributed by atoms with E-state index < -0.39 is 29.0 Å². The zero-order chi connectivity index (χ0) is 18.5. The predicted octanol–water partition coefficient (Wildman–Crippen LogP) is 2.48. The molecular formula is C16H21F3N2O3. The molecule has 0 atom stereocenters. The van der Waals surface area contributed by atoms with E-state index in [1.165, 1.54) is 13.0 Å². The highest BCUT2D eigenvalue weighted by molar-refractivity contribution is 6.39. The van der Waals surface area contributed by atoms with E-state index in [9.17, 15) is 22.8 Å². The minimum atomic E-state index is -4.54. The molecule has 0 fully saturated rings. The summed E-state index contributed by atoms with van der Waals surface area (Å²) in [5.74, 6) is -1.99. The maximum Gasteiger partial charge on any atom is 0.416 e. The fourth-order valence-corrected chi connectivity index (χ4v) is 1.90. The molecule has 0 bridgehead atoms. The van der Waals surface area contributed by atoms with E-state index in [2.05, 4.69) is 10.6 Å². The Bertz CT molecular complexity index is 613. The van der Waals surface area contributed by atoms with Gasteiger partial charge in [0.1, 0.15) is 0 Å². The molecule has 0 aromatic heterocycles. The third-order valence-corrected chi connectivity index (χ3v) is 3.54. The molecular weight excluding hydrogens is 325 g/mol. The summed E-state index contributed by atoms with van der Waals surface area (Å²) in [4.78, 5) is 23.6. The van der Waals surface area contributed by atoms with Gasteiger partial charge in [0.25, 0.3) is 0 Å². The van der Waals surface area contributed by atoms with Gasteiger partial charge in [-0.2, -0.15) is 13.2 Å². The number of benzene rings is 1. The number of aliphatic hydroxyl groups is 1. The lowest BCUT2D eigenvalue weighted by atomic mass is 9.90. The van der Waals surface area contributed by atoms with Crippen molar-refractivity contribution in [2.75, 3.05) is 18.5 Å². The van der Waals surface area contributed by atoms with Crippen molar-refractivity contribution in [3.63, 3.8) is 0 Å². The van der Waals surface area contributed by atoms with Crippen molar-refractivity contribution < 1.29 is 27.9 Å². The van der Waals surface area contributed by atoms with Crippen molar-refractivity contribution in [3.8, 4) is 0 Å². The molecule has 1 aromatic carbocycles. The molecule has 0 heterocycles. The molecule has 0 unspecified atom stereocenters. The van der Waals surface area contributed by atoms with Crippen LogP contribution in [0, 0.1) is 12.3 Å². The molecule has 24 heavy (non-hydrogen) atoms. The molecule has 134 valence electrons. The topological polar surface area (TPSA) is 78.4 Å². The average molecular weight is 346 g/mol. The zero-order valence-corrected chi connectivity index (χ0v) is 13.8. The lowest BCUT2D eigenvalue weighted by molar-refractivity contribution is -0.137. The smallest absolute Gasteiger partial charge is 0.396 e. The quantitative estimate of drug-likeness (QED) is 0.717. The number of amides is 2. The number of rotatable bonds is 5. The number of nitrogens with one attached hydrogen (secondary N) is 2. The van der Waals surface area contributed by atoms with E-state index in [0.717, 1.165) is 12.1 Å². The normalized spacial score (nSPS) is 12.0. The SMILES string of the molecule is Cc1ccc(C(F)(F)F)cc1NC(=O)C(=O)NCC(C)(C)CCO. The van der Waals surface area contributed by atoms with Gasteiger partial charge in [0, 0.05) is 18.8 Å². The number of halogens is 3. The van der Waals surface area contributed by atoms with Gasteiger partial charge in [-0.05, 0) is 36.5 Å². The maximum absolute atomic E-state index is 12.7. The molecule has 3 N–H and O–H groups in total. The van der Waals surface area contributed by atoms with Crippen molar-refractivity contribution in [1.29, 1.82) is 0 Å². The van der Waals surface area contributed by atoms with Gasteiger partial charge in [0.2, 0.25) is 0 Å². The number of aryl methyl sites for hydroxylation is 1. The Kier molecular flexibility index (Phi) is 6.36. The Morgan fingerprint density at radius 2 is 1.79 bits per heavy atom. The van der Waals surface area contributed by atoms with E-state index >= 15 is 0 Å². The van der Waals surface area contributed by atoms with Crippen molar-refractivity contribution in [2.45, 2.75) is 33.4 Å². The largest absolute Gasteiger partial charge is 0.416 e. The first-order valence-electron chi connectivity index (χ1n) is 7.34. The third-order valence-electron chi connectivity index (χ3n) is 3.54. The van der Waals surface area contributed by atoms with Gasteiger partial charge in [-0.15, -0.1) is 0 Å². The van der Waals surface area contributed by atoms with E-state index in [1.54, 1.807) is 13.8 Å². The number of carbonyl (C=O) groups is 2. The molecule has 0 spiro atoms. The van der Waals surface area contributed by atoms with Crippen LogP contribution in [0.5, 0.6) is 0 Å². The van der Waals surface area contributed by atoms with Crippen LogP contribution in [0.25, 0.3) is 0 Å². The van der Waals surface area contributed by atoms with Crippen LogP contribution in [-0.4, -0.2) is 30.1 Å². The van der Waals surface area contributed by atoms with Crippen LogP contribution in [0.2, 0.25) is 0 Å². The van der Waals surface area contributed by atoms with E-state index in [0.29, 0.717) is 12.0 Å². The number of carbonyl (C=O) groups excluding carboxylic acids is 2. The minimum absolute atomic E-state index is 0.0570. The number of aliphatic hydroxyl groups excluding tert-OH is 1. The third kappa shape index (κ3) is 5.84. The minimum Gasteiger partial charge on any atom is -0.396 e. The van der Waals surface area contributed by atoms with Gasteiger partial charge in [0.05, 0.1) is 5.56 Å². The lowest BCUT2D eigenvalue weighted by Crippen LogP contribution is -2.40. The molecule has 0 aliphatic carbocycles. The van der Waals surface area contributed by atoms with Crippen LogP contribution in [-0.2, 0) is 15.8 Å². The first-order valence-corrected chi connectivity index (χ1v) is 7.34. The summed E-state index contributed by atoms with van der Waals surface area (Å²) in [5, 5.41) is 13.5. The lowest BCUT2D eigenvalue weighted by Gasteiger charge is -2.23. The Balaban J connectivity index is 2.75. The summed E-state index contributed by atoms with van der Waals surface area (Å²) in [6.07, 6.45) is -4.11. The van der Waals surface area contributed by atoms with Crippen molar-refractivity contribution >= 4 is 17.5 Å². The summed E-state index contributed by atoms with van der Waals surface area (Å²) >= 11 is 0. The second kappa shape index (κ2) is 7.65. The molecule has 0 aliphatic heterocycles. The fourth-order valence-electron chi connectivity index (χ4n) is 1.90. The average Bonchev–Trinajstić information content (AvgIpc) is 2.45. The number of alkyl halides is 3. The van der Waals surface area contributed by atoms with Crippen LogP contribution in [0.15, 0.2) is 18.2 Å². The van der Waals surface area contributed by atoms with E-state index in [1.807, 2.05) is 0 Å². The highest BCUT2D eigenvalue weighted by Crippen LogP contribution is 2.32. The zero-order valence-electron chi connectivity index (χ0n) is 13.8. The van der Waals surface area contributed by atoms with Gasteiger partial charge >= 0.3 is 18.0 Å². The maximum atomic E-state index is 12.7. The molecule has 2 amide bonds. The number of hydrogen-bond acceptors (Lipinski definition) is 3. The monoisotopic (exact) mass is 346 g/mol. The number of anilines is 1. The van der Waals surface area contributed by atoms with Crippen LogP contribution in [0.4, 0.5) is 18.9 Å². The van der Waals surface area contributed by atoms with Gasteiger partial charge in [0.15, 0.2) is 0 Å². The Hall–Kier alpha value is -2.09. The Labute approximate surface area is 138 Å². The summed E-state index contributed by atoms with van der Waals surface area (Å²) in [5.41, 5.74) is -0.978.